The summed E-state index contributed by atoms with van der Waals surface area (Å²) in [4.78, 5) is 24.5. The SMILES string of the molecule is CCNC(=O)c1ccc(C)c(NC(=O)c2ccc(C)cc2OC)c1. The highest BCUT2D eigenvalue weighted by molar-refractivity contribution is 6.07. The number of hydrogen-bond acceptors (Lipinski definition) is 3. The zero-order valence-corrected chi connectivity index (χ0v) is 14.4. The van der Waals surface area contributed by atoms with Gasteiger partial charge in [-0.25, -0.2) is 0 Å². The second kappa shape index (κ2) is 7.64. The van der Waals surface area contributed by atoms with Crippen molar-refractivity contribution in [2.45, 2.75) is 20.8 Å². The van der Waals surface area contributed by atoms with Crippen molar-refractivity contribution in [2.75, 3.05) is 19.0 Å². The van der Waals surface area contributed by atoms with Gasteiger partial charge >= 0.3 is 0 Å². The van der Waals surface area contributed by atoms with Crippen LogP contribution in [0.5, 0.6) is 5.75 Å². The number of rotatable bonds is 5. The van der Waals surface area contributed by atoms with Crippen LogP contribution in [0.2, 0.25) is 0 Å². The molecule has 0 spiro atoms. The van der Waals surface area contributed by atoms with Crippen molar-refractivity contribution in [2.24, 2.45) is 0 Å². The van der Waals surface area contributed by atoms with Crippen LogP contribution < -0.4 is 15.4 Å². The molecular weight excluding hydrogens is 304 g/mol. The number of carbonyl (C=O) groups excluding carboxylic acids is 2. The fraction of sp³-hybridized carbons (Fsp3) is 0.263. The number of hydrogen-bond donors (Lipinski definition) is 2. The molecule has 2 amide bonds. The number of methoxy groups -OCH3 is 1. The molecule has 2 aromatic carbocycles. The third kappa shape index (κ3) is 3.93. The molecule has 0 atom stereocenters. The van der Waals surface area contributed by atoms with Crippen molar-refractivity contribution in [3.05, 3.63) is 58.7 Å². The summed E-state index contributed by atoms with van der Waals surface area (Å²) in [6.45, 7) is 6.22. The molecule has 0 aliphatic heterocycles. The molecule has 0 fully saturated rings. The molecular formula is C19H22N2O3. The van der Waals surface area contributed by atoms with Gasteiger partial charge in [0.05, 0.1) is 12.7 Å². The topological polar surface area (TPSA) is 67.4 Å². The Morgan fingerprint density at radius 2 is 1.79 bits per heavy atom. The first-order valence-electron chi connectivity index (χ1n) is 7.81. The Labute approximate surface area is 142 Å². The smallest absolute Gasteiger partial charge is 0.259 e. The van der Waals surface area contributed by atoms with E-state index in [4.69, 9.17) is 4.74 Å². The largest absolute Gasteiger partial charge is 0.496 e. The summed E-state index contributed by atoms with van der Waals surface area (Å²) in [5.74, 6) is 0.0777. The Morgan fingerprint density at radius 3 is 2.46 bits per heavy atom. The van der Waals surface area contributed by atoms with Gasteiger partial charge in [-0.15, -0.1) is 0 Å². The molecule has 0 aliphatic rings. The van der Waals surface area contributed by atoms with Gasteiger partial charge in [0, 0.05) is 17.8 Å². The van der Waals surface area contributed by atoms with Crippen LogP contribution in [0.25, 0.3) is 0 Å². The number of anilines is 1. The summed E-state index contributed by atoms with van der Waals surface area (Å²) >= 11 is 0. The number of nitrogens with one attached hydrogen (secondary N) is 2. The number of benzene rings is 2. The molecule has 0 heterocycles. The Bertz CT molecular complexity index is 769. The van der Waals surface area contributed by atoms with Gasteiger partial charge in [-0.3, -0.25) is 9.59 Å². The lowest BCUT2D eigenvalue weighted by molar-refractivity contribution is 0.0954. The summed E-state index contributed by atoms with van der Waals surface area (Å²) in [7, 11) is 1.53. The maximum absolute atomic E-state index is 12.6. The lowest BCUT2D eigenvalue weighted by Crippen LogP contribution is -2.23. The van der Waals surface area contributed by atoms with Gasteiger partial charge in [0.25, 0.3) is 11.8 Å². The van der Waals surface area contributed by atoms with Crippen LogP contribution in [0.3, 0.4) is 0 Å². The van der Waals surface area contributed by atoms with Crippen molar-refractivity contribution in [3.63, 3.8) is 0 Å². The van der Waals surface area contributed by atoms with Crippen LogP contribution in [0, 0.1) is 13.8 Å². The average molecular weight is 326 g/mol. The van der Waals surface area contributed by atoms with Crippen LogP contribution in [0.4, 0.5) is 5.69 Å². The van der Waals surface area contributed by atoms with Gasteiger partial charge in [-0.2, -0.15) is 0 Å². The quantitative estimate of drug-likeness (QED) is 0.886. The van der Waals surface area contributed by atoms with Crippen molar-refractivity contribution >= 4 is 17.5 Å². The number of amides is 2. The first-order chi connectivity index (χ1) is 11.5. The van der Waals surface area contributed by atoms with Gasteiger partial charge in [0.15, 0.2) is 0 Å². The molecule has 0 saturated carbocycles. The second-order valence-electron chi connectivity index (χ2n) is 5.55. The summed E-state index contributed by atoms with van der Waals surface area (Å²) in [6, 6.07) is 10.6. The van der Waals surface area contributed by atoms with E-state index in [9.17, 15) is 9.59 Å². The maximum Gasteiger partial charge on any atom is 0.259 e. The predicted octanol–water partition coefficient (Wildman–Crippen LogP) is 3.31. The molecule has 2 N–H and O–H groups in total. The Morgan fingerprint density at radius 1 is 1.04 bits per heavy atom. The molecule has 0 unspecified atom stereocenters. The van der Waals surface area contributed by atoms with E-state index in [1.54, 1.807) is 18.2 Å². The van der Waals surface area contributed by atoms with Crippen molar-refractivity contribution in [3.8, 4) is 5.75 Å². The lowest BCUT2D eigenvalue weighted by atomic mass is 10.1. The second-order valence-corrected chi connectivity index (χ2v) is 5.55. The third-order valence-corrected chi connectivity index (χ3v) is 3.69. The normalized spacial score (nSPS) is 10.2. The minimum atomic E-state index is -0.275. The van der Waals surface area contributed by atoms with Gasteiger partial charge < -0.3 is 15.4 Å². The molecule has 0 radical (unpaired) electrons. The van der Waals surface area contributed by atoms with Crippen LogP contribution in [0.15, 0.2) is 36.4 Å². The molecule has 0 bridgehead atoms. The van der Waals surface area contributed by atoms with E-state index in [0.717, 1.165) is 11.1 Å². The van der Waals surface area contributed by atoms with E-state index < -0.39 is 0 Å². The molecule has 126 valence electrons. The molecule has 5 heteroatoms. The van der Waals surface area contributed by atoms with E-state index in [2.05, 4.69) is 10.6 Å². The monoisotopic (exact) mass is 326 g/mol. The number of ether oxygens (including phenoxy) is 1. The highest BCUT2D eigenvalue weighted by Crippen LogP contribution is 2.23. The minimum absolute atomic E-state index is 0.166. The summed E-state index contributed by atoms with van der Waals surface area (Å²) in [5, 5.41) is 5.61. The van der Waals surface area contributed by atoms with Crippen LogP contribution in [-0.4, -0.2) is 25.5 Å². The third-order valence-electron chi connectivity index (χ3n) is 3.69. The fourth-order valence-corrected chi connectivity index (χ4v) is 2.34. The van der Waals surface area contributed by atoms with Crippen LogP contribution >= 0.6 is 0 Å². The molecule has 5 nitrogen and oxygen atoms in total. The van der Waals surface area contributed by atoms with Gasteiger partial charge in [0.2, 0.25) is 0 Å². The molecule has 24 heavy (non-hydrogen) atoms. The standard InChI is InChI=1S/C19H22N2O3/c1-5-20-18(22)14-8-7-13(3)16(11-14)21-19(23)15-9-6-12(2)10-17(15)24-4/h6-11H,5H2,1-4H3,(H,20,22)(H,21,23). The number of aryl methyl sites for hydroxylation is 2. The summed E-state index contributed by atoms with van der Waals surface area (Å²) < 4.78 is 5.28. The average Bonchev–Trinajstić information content (AvgIpc) is 2.56. The first kappa shape index (κ1) is 17.5. The van der Waals surface area contributed by atoms with Gasteiger partial charge in [-0.1, -0.05) is 12.1 Å². The van der Waals surface area contributed by atoms with Crippen molar-refractivity contribution < 1.29 is 14.3 Å². The van der Waals surface area contributed by atoms with E-state index >= 15 is 0 Å². The van der Waals surface area contributed by atoms with E-state index in [1.165, 1.54) is 7.11 Å². The zero-order chi connectivity index (χ0) is 17.7. The Balaban J connectivity index is 2.29. The molecule has 0 aromatic heterocycles. The maximum atomic E-state index is 12.6. The summed E-state index contributed by atoms with van der Waals surface area (Å²) in [5.41, 5.74) is 3.45. The highest BCUT2D eigenvalue weighted by Gasteiger charge is 2.15. The highest BCUT2D eigenvalue weighted by atomic mass is 16.5. The van der Waals surface area contributed by atoms with E-state index in [-0.39, 0.29) is 11.8 Å². The lowest BCUT2D eigenvalue weighted by Gasteiger charge is -2.13. The molecule has 2 rings (SSSR count). The molecule has 2 aromatic rings. The van der Waals surface area contributed by atoms with Gasteiger partial charge in [-0.05, 0) is 56.2 Å². The Kier molecular flexibility index (Phi) is 5.58. The van der Waals surface area contributed by atoms with E-state index in [1.807, 2.05) is 39.0 Å². The number of carbonyl (C=O) groups is 2. The predicted molar refractivity (Wildman–Crippen MR) is 94.9 cm³/mol. The minimum Gasteiger partial charge on any atom is -0.496 e. The van der Waals surface area contributed by atoms with Crippen LogP contribution in [0.1, 0.15) is 38.8 Å². The van der Waals surface area contributed by atoms with Crippen LogP contribution in [-0.2, 0) is 0 Å². The fourth-order valence-electron chi connectivity index (χ4n) is 2.34. The molecule has 0 saturated heterocycles. The van der Waals surface area contributed by atoms with E-state index in [0.29, 0.717) is 29.1 Å². The molecule has 0 aliphatic carbocycles. The Hall–Kier alpha value is -2.82. The first-order valence-corrected chi connectivity index (χ1v) is 7.81. The zero-order valence-electron chi connectivity index (χ0n) is 14.4. The summed E-state index contributed by atoms with van der Waals surface area (Å²) in [6.07, 6.45) is 0. The van der Waals surface area contributed by atoms with Crippen molar-refractivity contribution in [1.29, 1.82) is 0 Å². The van der Waals surface area contributed by atoms with Gasteiger partial charge in [0.1, 0.15) is 5.75 Å². The van der Waals surface area contributed by atoms with Crippen molar-refractivity contribution in [1.82, 2.24) is 5.32 Å².